The van der Waals surface area contributed by atoms with Crippen molar-refractivity contribution in [1.82, 2.24) is 25.8 Å². The van der Waals surface area contributed by atoms with Crippen molar-refractivity contribution in [3.63, 3.8) is 0 Å². The van der Waals surface area contributed by atoms with Crippen molar-refractivity contribution in [2.45, 2.75) is 61.9 Å². The zero-order valence-electron chi connectivity index (χ0n) is 28.4. The van der Waals surface area contributed by atoms with E-state index in [1.807, 2.05) is 17.5 Å². The second-order valence-corrected chi connectivity index (χ2v) is 19.1. The Morgan fingerprint density at radius 3 is 2.60 bits per heavy atom. The average Bonchev–Trinajstić information content (AvgIpc) is 3.85. The summed E-state index contributed by atoms with van der Waals surface area (Å²) in [5.74, 6) is -1.89. The number of alkyl halides is 2. The van der Waals surface area contributed by atoms with Gasteiger partial charge in [0, 0.05) is 45.2 Å². The quantitative estimate of drug-likeness (QED) is 0.137. The molecule has 2 aromatic heterocycles. The summed E-state index contributed by atoms with van der Waals surface area (Å²) in [5, 5.41) is 12.5. The van der Waals surface area contributed by atoms with Crippen molar-refractivity contribution in [3.8, 4) is 11.3 Å². The number of primary amides is 1. The zero-order chi connectivity index (χ0) is 37.4. The minimum atomic E-state index is -3.80. The molecule has 2 fully saturated rings. The van der Waals surface area contributed by atoms with E-state index in [1.54, 1.807) is 17.0 Å². The highest BCUT2D eigenvalue weighted by atomic mass is 35.5. The molecule has 17 heteroatoms. The van der Waals surface area contributed by atoms with Crippen LogP contribution in [0.2, 0.25) is 5.02 Å². The summed E-state index contributed by atoms with van der Waals surface area (Å²) in [6, 6.07) is 9.88. The van der Waals surface area contributed by atoms with Gasteiger partial charge in [-0.15, -0.1) is 22.7 Å². The van der Waals surface area contributed by atoms with Gasteiger partial charge in [-0.1, -0.05) is 29.8 Å². The second-order valence-electron chi connectivity index (χ2n) is 13.4. The number of thiazole rings is 1. The molecule has 2 aromatic carbocycles. The molecule has 0 saturated carbocycles. The normalized spacial score (nSPS) is 20.2. The number of nitrogens with one attached hydrogen (secondary N) is 3. The molecule has 11 nitrogen and oxygen atoms in total. The summed E-state index contributed by atoms with van der Waals surface area (Å²) in [4.78, 5) is 59.9. The fraction of sp³-hybridized carbons (Fsp3) is 0.400. The molecule has 0 aliphatic carbocycles. The van der Waals surface area contributed by atoms with E-state index >= 15 is 0 Å². The van der Waals surface area contributed by atoms with Crippen molar-refractivity contribution >= 4 is 75.1 Å². The van der Waals surface area contributed by atoms with E-state index in [0.717, 1.165) is 30.2 Å². The van der Waals surface area contributed by atoms with Gasteiger partial charge in [0.05, 0.1) is 16.6 Å². The van der Waals surface area contributed by atoms with Gasteiger partial charge in [0.15, 0.2) is 7.14 Å². The highest BCUT2D eigenvalue weighted by Crippen LogP contribution is 2.60. The maximum absolute atomic E-state index is 14.8. The maximum Gasteiger partial charge on any atom is 0.322 e. The van der Waals surface area contributed by atoms with Crippen molar-refractivity contribution in [1.29, 1.82) is 0 Å². The molecule has 5 N–H and O–H groups in total. The number of fused-ring (bicyclic) bond motifs is 2. The van der Waals surface area contributed by atoms with Crippen molar-refractivity contribution < 1.29 is 32.5 Å². The first-order chi connectivity index (χ1) is 24.6. The number of nitrogens with two attached hydrogens (primary N) is 1. The Balaban J connectivity index is 1.19. The maximum atomic E-state index is 14.8. The molecule has 2 aliphatic heterocycles. The van der Waals surface area contributed by atoms with Gasteiger partial charge in [-0.2, -0.15) is 8.78 Å². The fourth-order valence-electron chi connectivity index (χ4n) is 6.55. The molecule has 2 aliphatic rings. The largest absolute Gasteiger partial charge is 0.370 e. The van der Waals surface area contributed by atoms with Crippen molar-refractivity contribution in [3.05, 3.63) is 74.4 Å². The van der Waals surface area contributed by atoms with Crippen LogP contribution >= 0.6 is 41.4 Å². The average molecular weight is 791 g/mol. The van der Waals surface area contributed by atoms with E-state index in [-0.39, 0.29) is 30.3 Å². The third-order valence-corrected chi connectivity index (χ3v) is 13.3. The molecule has 0 unspecified atom stereocenters. The highest BCUT2D eigenvalue weighted by Gasteiger charge is 2.46. The van der Waals surface area contributed by atoms with E-state index < -0.39 is 60.1 Å². The van der Waals surface area contributed by atoms with Gasteiger partial charge >= 0.3 is 5.66 Å². The van der Waals surface area contributed by atoms with Crippen LogP contribution in [-0.2, 0) is 24.6 Å². The number of hydrogen-bond acceptors (Lipinski definition) is 9. The van der Waals surface area contributed by atoms with Crippen LogP contribution in [0.5, 0.6) is 0 Å². The molecule has 4 heterocycles. The molecule has 4 atom stereocenters. The SMILES string of the molecule is CP(C)(=O)C(F)(F)c1ccc2sc(C(=O)N[C@H]3CNCC[C@H]4CC[C@@H](C(=O)N[C@@H](CCC(N)=O)c5nc(-c6ccc(Cl)cc6)cs5)N4C3=O)cc2c1. The Labute approximate surface area is 312 Å². The Morgan fingerprint density at radius 1 is 1.13 bits per heavy atom. The number of halogens is 3. The summed E-state index contributed by atoms with van der Waals surface area (Å²) >= 11 is 8.46. The molecule has 276 valence electrons. The first kappa shape index (κ1) is 38.0. The summed E-state index contributed by atoms with van der Waals surface area (Å²) in [7, 11) is -3.80. The van der Waals surface area contributed by atoms with E-state index in [1.165, 1.54) is 35.6 Å². The molecule has 2 saturated heterocycles. The van der Waals surface area contributed by atoms with Crippen LogP contribution < -0.4 is 21.7 Å². The smallest absolute Gasteiger partial charge is 0.322 e. The standard InChI is InChI=1S/C35H38ClF2N6O5PS2/c1-50(2,49)35(37,38)21-5-11-28-20(15-21)16-29(52-28)32(47)42-25-17-40-14-13-23-8-10-27(44(23)34(25)48)31(46)41-24(9-12-30(39)45)33-43-26(18-51-33)19-3-6-22(36)7-4-19/h3-7,11,15-16,18,23-25,27,40H,8-10,12-14,17H2,1-2H3,(H2,39,45)(H,41,46)(H,42,47)/t23-,24+,25+,27+/m1/s1. The first-order valence-electron chi connectivity index (χ1n) is 16.7. The van der Waals surface area contributed by atoms with E-state index in [4.69, 9.17) is 22.3 Å². The topological polar surface area (TPSA) is 164 Å². The molecular formula is C35H38ClF2N6O5PS2. The van der Waals surface area contributed by atoms with Crippen LogP contribution in [0.4, 0.5) is 8.78 Å². The molecule has 52 heavy (non-hydrogen) atoms. The first-order valence-corrected chi connectivity index (χ1v) is 21.4. The minimum Gasteiger partial charge on any atom is -0.370 e. The Morgan fingerprint density at radius 2 is 1.88 bits per heavy atom. The molecule has 0 radical (unpaired) electrons. The third-order valence-electron chi connectivity index (χ3n) is 9.39. The van der Waals surface area contributed by atoms with Gasteiger partial charge < -0.3 is 31.1 Å². The predicted octanol–water partition coefficient (Wildman–Crippen LogP) is 5.92. The molecule has 0 spiro atoms. The van der Waals surface area contributed by atoms with Gasteiger partial charge in [-0.3, -0.25) is 19.2 Å². The lowest BCUT2D eigenvalue weighted by atomic mass is 10.1. The Kier molecular flexibility index (Phi) is 11.2. The number of nitrogens with zero attached hydrogens (tertiary/aromatic N) is 2. The van der Waals surface area contributed by atoms with Crippen LogP contribution in [0, 0.1) is 0 Å². The number of carbonyl (C=O) groups excluding carboxylic acids is 4. The van der Waals surface area contributed by atoms with Gasteiger partial charge in [0.1, 0.15) is 17.1 Å². The highest BCUT2D eigenvalue weighted by molar-refractivity contribution is 7.63. The molecular weight excluding hydrogens is 753 g/mol. The number of amides is 4. The third kappa shape index (κ3) is 8.08. The summed E-state index contributed by atoms with van der Waals surface area (Å²) < 4.78 is 42.5. The molecule has 6 rings (SSSR count). The van der Waals surface area contributed by atoms with Crippen LogP contribution in [0.25, 0.3) is 21.3 Å². The van der Waals surface area contributed by atoms with Gasteiger partial charge in [-0.25, -0.2) is 4.98 Å². The van der Waals surface area contributed by atoms with E-state index in [0.29, 0.717) is 51.6 Å². The lowest BCUT2D eigenvalue weighted by molar-refractivity contribution is -0.142. The lowest BCUT2D eigenvalue weighted by Crippen LogP contribution is -2.60. The van der Waals surface area contributed by atoms with E-state index in [9.17, 15) is 32.5 Å². The molecule has 4 amide bonds. The Bertz CT molecular complexity index is 2050. The van der Waals surface area contributed by atoms with Crippen LogP contribution in [-0.4, -0.2) is 78.1 Å². The monoisotopic (exact) mass is 790 g/mol. The van der Waals surface area contributed by atoms with Gasteiger partial charge in [-0.05, 0) is 81.3 Å². The van der Waals surface area contributed by atoms with Gasteiger partial charge in [0.2, 0.25) is 17.7 Å². The number of rotatable bonds is 11. The summed E-state index contributed by atoms with van der Waals surface area (Å²) in [6.45, 7) is 2.75. The van der Waals surface area contributed by atoms with Crippen molar-refractivity contribution in [2.24, 2.45) is 5.73 Å². The second kappa shape index (κ2) is 15.3. The number of thiophene rings is 1. The molecule has 0 bridgehead atoms. The van der Waals surface area contributed by atoms with Crippen LogP contribution in [0.3, 0.4) is 0 Å². The van der Waals surface area contributed by atoms with E-state index in [2.05, 4.69) is 16.0 Å². The summed E-state index contributed by atoms with van der Waals surface area (Å²) in [5.41, 5.74) is 3.07. The van der Waals surface area contributed by atoms with Crippen LogP contribution in [0.15, 0.2) is 53.9 Å². The zero-order valence-corrected chi connectivity index (χ0v) is 31.6. The number of aromatic nitrogens is 1. The lowest BCUT2D eigenvalue weighted by Gasteiger charge is -2.35. The number of benzene rings is 2. The van der Waals surface area contributed by atoms with Crippen LogP contribution in [0.1, 0.15) is 58.4 Å². The number of carbonyl (C=O) groups is 4. The predicted molar refractivity (Wildman–Crippen MR) is 199 cm³/mol. The Hall–Kier alpha value is -3.75. The van der Waals surface area contributed by atoms with Gasteiger partial charge in [0.25, 0.3) is 5.91 Å². The molecule has 4 aromatic rings. The minimum absolute atomic E-state index is 0.00992. The van der Waals surface area contributed by atoms with Crippen molar-refractivity contribution in [2.75, 3.05) is 26.4 Å². The number of hydrogen-bond donors (Lipinski definition) is 4. The fourth-order valence-corrected chi connectivity index (χ4v) is 9.29. The summed E-state index contributed by atoms with van der Waals surface area (Å²) in [6.07, 6.45) is 1.83.